The van der Waals surface area contributed by atoms with Crippen LogP contribution in [0.25, 0.3) is 0 Å². The van der Waals surface area contributed by atoms with E-state index in [4.69, 9.17) is 13.8 Å². The minimum atomic E-state index is -4.44. The maximum Gasteiger partial charge on any atom is 0.472 e. The van der Waals surface area contributed by atoms with E-state index >= 15 is 0 Å². The molecule has 0 saturated carbocycles. The Morgan fingerprint density at radius 1 is 0.544 bits per heavy atom. The number of carbonyl (C=O) groups is 2. The molecule has 2 atom stereocenters. The molecular weight excluding hydrogens is 737 g/mol. The van der Waals surface area contributed by atoms with E-state index in [9.17, 15) is 24.2 Å². The second-order valence-corrected chi connectivity index (χ2v) is 15.0. The van der Waals surface area contributed by atoms with Gasteiger partial charge in [0.1, 0.15) is 12.7 Å². The van der Waals surface area contributed by atoms with Gasteiger partial charge >= 0.3 is 13.8 Å². The Labute approximate surface area is 346 Å². The summed E-state index contributed by atoms with van der Waals surface area (Å²) in [6, 6.07) is 0. The van der Waals surface area contributed by atoms with Gasteiger partial charge in [-0.05, 0) is 96.3 Å². The Bertz CT molecular complexity index is 1290. The van der Waals surface area contributed by atoms with Gasteiger partial charge in [0.15, 0.2) is 0 Å². The summed E-state index contributed by atoms with van der Waals surface area (Å²) in [5.41, 5.74) is 0. The van der Waals surface area contributed by atoms with Gasteiger partial charge in [-0.3, -0.25) is 18.6 Å². The summed E-state index contributed by atoms with van der Waals surface area (Å²) in [6.07, 6.45) is 56.0. The van der Waals surface area contributed by atoms with Crippen molar-refractivity contribution in [1.29, 1.82) is 0 Å². The van der Waals surface area contributed by atoms with Crippen LogP contribution in [-0.4, -0.2) is 54.3 Å². The summed E-state index contributed by atoms with van der Waals surface area (Å²) >= 11 is 0. The summed E-state index contributed by atoms with van der Waals surface area (Å²) < 4.78 is 26.8. The van der Waals surface area contributed by atoms with Crippen molar-refractivity contribution < 1.29 is 37.9 Å². The van der Waals surface area contributed by atoms with E-state index in [1.807, 2.05) is 0 Å². The van der Waals surface area contributed by atoms with E-state index in [-0.39, 0.29) is 32.1 Å². The second-order valence-electron chi connectivity index (χ2n) is 13.5. The number of nitrogens with one attached hydrogen (secondary N) is 1. The minimum absolute atomic E-state index is 0.0560. The second kappa shape index (κ2) is 42.3. The molecule has 0 radical (unpaired) electrons. The third-order valence-electron chi connectivity index (χ3n) is 8.20. The van der Waals surface area contributed by atoms with Crippen LogP contribution in [0.1, 0.15) is 142 Å². The lowest BCUT2D eigenvalue weighted by Crippen LogP contribution is -2.27. The van der Waals surface area contributed by atoms with Crippen LogP contribution < -0.4 is 5.32 Å². The first-order chi connectivity index (χ1) is 27.8. The van der Waals surface area contributed by atoms with Crippen molar-refractivity contribution in [2.45, 2.75) is 148 Å². The molecule has 1 amide bonds. The molecule has 0 aliphatic carbocycles. The zero-order valence-corrected chi connectivity index (χ0v) is 36.1. The predicted octanol–water partition coefficient (Wildman–Crippen LogP) is 12.0. The van der Waals surface area contributed by atoms with Crippen molar-refractivity contribution in [3.8, 4) is 0 Å². The number of esters is 1. The fourth-order valence-corrected chi connectivity index (χ4v) is 5.80. The summed E-state index contributed by atoms with van der Waals surface area (Å²) in [5, 5.41) is 12.7. The molecule has 322 valence electrons. The van der Waals surface area contributed by atoms with Crippen molar-refractivity contribution in [3.63, 3.8) is 0 Å². The largest absolute Gasteiger partial charge is 0.472 e. The molecule has 0 aromatic heterocycles. The van der Waals surface area contributed by atoms with Gasteiger partial charge in [-0.2, -0.15) is 0 Å². The van der Waals surface area contributed by atoms with Gasteiger partial charge in [-0.15, -0.1) is 0 Å². The molecule has 0 heterocycles. The van der Waals surface area contributed by atoms with Gasteiger partial charge in [0.25, 0.3) is 0 Å². The monoisotopic (exact) mass is 814 g/mol. The zero-order valence-electron chi connectivity index (χ0n) is 35.2. The summed E-state index contributed by atoms with van der Waals surface area (Å²) in [7, 11) is -4.44. The summed E-state index contributed by atoms with van der Waals surface area (Å²) in [6.45, 7) is 3.22. The predicted molar refractivity (Wildman–Crippen MR) is 238 cm³/mol. The van der Waals surface area contributed by atoms with Crippen molar-refractivity contribution in [2.24, 2.45) is 0 Å². The summed E-state index contributed by atoms with van der Waals surface area (Å²) in [4.78, 5) is 33.9. The maximum atomic E-state index is 12.1. The smallest absolute Gasteiger partial charge is 0.463 e. The quantitative estimate of drug-likeness (QED) is 0.0243. The fraction of sp³-hybridized carbons (Fsp3) is 0.574. The first-order valence-electron chi connectivity index (χ1n) is 21.4. The van der Waals surface area contributed by atoms with E-state index in [1.54, 1.807) is 0 Å². The SMILES string of the molecule is CC/C=C\C/C=C\C/C=C\C/C=C\C/C=C\C/C=C\CCCCCCC(=O)NCCOP(=O)(O)OCC(O)COC(=O)CCCCC/C=C\C/C=C\C/C=C\CC. The number of aliphatic hydroxyl groups excluding tert-OH is 1. The third kappa shape index (κ3) is 43.6. The Kier molecular flexibility index (Phi) is 39.8. The van der Waals surface area contributed by atoms with Crippen LogP contribution >= 0.6 is 7.82 Å². The number of rotatable bonds is 38. The molecular formula is C47H76NO8P. The highest BCUT2D eigenvalue weighted by atomic mass is 31.2. The minimum Gasteiger partial charge on any atom is -0.463 e. The number of unbranched alkanes of at least 4 members (excludes halogenated alkanes) is 7. The molecule has 0 fully saturated rings. The van der Waals surface area contributed by atoms with Crippen molar-refractivity contribution >= 4 is 19.7 Å². The van der Waals surface area contributed by atoms with Crippen LogP contribution in [0.2, 0.25) is 0 Å². The molecule has 0 aliphatic rings. The Balaban J connectivity index is 3.72. The molecule has 0 saturated heterocycles. The Morgan fingerprint density at radius 3 is 1.42 bits per heavy atom. The van der Waals surface area contributed by atoms with E-state index in [2.05, 4.69) is 129 Å². The molecule has 0 rings (SSSR count). The number of aliphatic hydroxyl groups is 1. The Hall–Kier alpha value is -3.33. The maximum absolute atomic E-state index is 12.1. The van der Waals surface area contributed by atoms with Crippen LogP contribution in [0.4, 0.5) is 0 Å². The van der Waals surface area contributed by atoms with E-state index in [0.29, 0.717) is 12.8 Å². The van der Waals surface area contributed by atoms with Gasteiger partial charge in [0.2, 0.25) is 5.91 Å². The molecule has 0 aliphatic heterocycles. The van der Waals surface area contributed by atoms with Crippen molar-refractivity contribution in [2.75, 3.05) is 26.4 Å². The normalized spacial score (nSPS) is 14.4. The first-order valence-corrected chi connectivity index (χ1v) is 22.9. The average molecular weight is 814 g/mol. The topological polar surface area (TPSA) is 131 Å². The van der Waals surface area contributed by atoms with Crippen molar-refractivity contribution in [3.05, 3.63) is 109 Å². The van der Waals surface area contributed by atoms with Crippen LogP contribution in [0.3, 0.4) is 0 Å². The molecule has 2 unspecified atom stereocenters. The highest BCUT2D eigenvalue weighted by Crippen LogP contribution is 2.42. The van der Waals surface area contributed by atoms with Crippen LogP contribution in [0, 0.1) is 0 Å². The molecule has 9 nitrogen and oxygen atoms in total. The van der Waals surface area contributed by atoms with Crippen LogP contribution in [0.5, 0.6) is 0 Å². The van der Waals surface area contributed by atoms with E-state index in [0.717, 1.165) is 109 Å². The van der Waals surface area contributed by atoms with Crippen LogP contribution in [0.15, 0.2) is 109 Å². The molecule has 0 aromatic carbocycles. The van der Waals surface area contributed by atoms with E-state index in [1.165, 1.54) is 0 Å². The number of phosphoric ester groups is 1. The molecule has 0 bridgehead atoms. The fourth-order valence-electron chi connectivity index (χ4n) is 5.04. The van der Waals surface area contributed by atoms with Gasteiger partial charge < -0.3 is 20.1 Å². The molecule has 3 N–H and O–H groups in total. The van der Waals surface area contributed by atoms with Gasteiger partial charge in [-0.1, -0.05) is 142 Å². The molecule has 10 heteroatoms. The van der Waals surface area contributed by atoms with Gasteiger partial charge in [-0.25, -0.2) is 4.57 Å². The average Bonchev–Trinajstić information content (AvgIpc) is 3.20. The highest BCUT2D eigenvalue weighted by Gasteiger charge is 2.23. The highest BCUT2D eigenvalue weighted by molar-refractivity contribution is 7.47. The number of amides is 1. The first kappa shape index (κ1) is 53.7. The number of carbonyl (C=O) groups excluding carboxylic acids is 2. The summed E-state index contributed by atoms with van der Waals surface area (Å²) in [5.74, 6) is -0.583. The van der Waals surface area contributed by atoms with Gasteiger partial charge in [0.05, 0.1) is 13.2 Å². The number of hydrogen-bond donors (Lipinski definition) is 3. The Morgan fingerprint density at radius 2 is 0.947 bits per heavy atom. The lowest BCUT2D eigenvalue weighted by Gasteiger charge is -2.15. The van der Waals surface area contributed by atoms with Gasteiger partial charge in [0, 0.05) is 19.4 Å². The third-order valence-corrected chi connectivity index (χ3v) is 9.18. The van der Waals surface area contributed by atoms with Crippen molar-refractivity contribution in [1.82, 2.24) is 5.32 Å². The zero-order chi connectivity index (χ0) is 41.8. The van der Waals surface area contributed by atoms with Crippen LogP contribution in [-0.2, 0) is 27.9 Å². The van der Waals surface area contributed by atoms with E-state index < -0.39 is 26.5 Å². The number of ether oxygens (including phenoxy) is 1. The molecule has 57 heavy (non-hydrogen) atoms. The molecule has 0 spiro atoms. The number of allylic oxidation sites excluding steroid dienone is 18. The molecule has 0 aromatic rings. The lowest BCUT2D eigenvalue weighted by molar-refractivity contribution is -0.147. The standard InChI is InChI=1S/C47H76NO8P/c1-3-5-7-9-11-13-15-17-18-19-20-21-22-23-24-25-26-28-29-31-33-35-37-39-46(50)48-41-42-55-57(52,53)56-44-45(49)43-54-47(51)40-38-36-34-32-30-27-16-14-12-10-8-6-4-2/h5-8,11-14,17-18,20-21,23-24,26-28,30,45,49H,3-4,9-10,15-16,19,22,25,29,31-44H2,1-2H3,(H,48,50)(H,52,53)/b7-5-,8-6-,13-11-,14-12-,18-17-,21-20-,24-23-,28-26-,30-27-. The number of phosphoric acid groups is 1. The number of hydrogen-bond acceptors (Lipinski definition) is 7. The lowest BCUT2D eigenvalue weighted by atomic mass is 10.1.